The molecule has 3 fully saturated rings. The number of alkyl carbamates (subject to hydrolysis) is 1. The van der Waals surface area contributed by atoms with Crippen molar-refractivity contribution in [1.29, 1.82) is 0 Å². The summed E-state index contributed by atoms with van der Waals surface area (Å²) >= 11 is 0. The Labute approximate surface area is 201 Å². The number of likely N-dealkylation sites (tertiary alicyclic amines) is 1. The molecule has 2 aliphatic heterocycles. The first-order valence-corrected chi connectivity index (χ1v) is 12.1. The van der Waals surface area contributed by atoms with Gasteiger partial charge in [-0.25, -0.2) is 4.79 Å². The van der Waals surface area contributed by atoms with E-state index >= 15 is 0 Å². The Balaban J connectivity index is 1.08. The molecule has 2 aromatic carbocycles. The summed E-state index contributed by atoms with van der Waals surface area (Å²) in [6.45, 7) is 10.4. The van der Waals surface area contributed by atoms with Crippen molar-refractivity contribution < 1.29 is 23.7 Å². The Morgan fingerprint density at radius 1 is 1.03 bits per heavy atom. The second-order valence-corrected chi connectivity index (χ2v) is 10.3. The number of ether oxygens (including phenoxy) is 4. The van der Waals surface area contributed by atoms with Crippen LogP contribution in [0, 0.1) is 11.8 Å². The van der Waals surface area contributed by atoms with E-state index in [1.54, 1.807) is 0 Å². The third kappa shape index (κ3) is 5.54. The maximum Gasteiger partial charge on any atom is 0.407 e. The average Bonchev–Trinajstić information content (AvgIpc) is 3.22. The Morgan fingerprint density at radius 2 is 1.71 bits per heavy atom. The summed E-state index contributed by atoms with van der Waals surface area (Å²) in [5.41, 5.74) is 2.80. The van der Waals surface area contributed by atoms with Crippen LogP contribution in [0.2, 0.25) is 0 Å². The maximum absolute atomic E-state index is 12.0. The summed E-state index contributed by atoms with van der Waals surface area (Å²) in [5, 5.41) is 3.02. The number of amides is 1. The third-order valence-electron chi connectivity index (χ3n) is 6.58. The van der Waals surface area contributed by atoms with Crippen molar-refractivity contribution >= 4 is 6.09 Å². The van der Waals surface area contributed by atoms with Crippen molar-refractivity contribution in [3.8, 4) is 16.9 Å². The fraction of sp³-hybridized carbons (Fsp3) is 0.519. The number of rotatable bonds is 7. The lowest BCUT2D eigenvalue weighted by Crippen LogP contribution is -2.38. The van der Waals surface area contributed by atoms with Crippen LogP contribution in [0.1, 0.15) is 32.6 Å². The molecule has 2 heterocycles. The van der Waals surface area contributed by atoms with E-state index in [0.29, 0.717) is 31.7 Å². The normalized spacial score (nSPS) is 24.6. The second kappa shape index (κ2) is 9.56. The number of carbonyl (C=O) groups excluding carboxylic acids is 1. The largest absolute Gasteiger partial charge is 0.492 e. The van der Waals surface area contributed by atoms with E-state index in [4.69, 9.17) is 18.9 Å². The highest BCUT2D eigenvalue weighted by Gasteiger charge is 2.56. The molecule has 7 heteroatoms. The van der Waals surface area contributed by atoms with E-state index in [0.717, 1.165) is 42.1 Å². The molecule has 3 aliphatic rings. The lowest BCUT2D eigenvalue weighted by Gasteiger charge is -2.22. The van der Waals surface area contributed by atoms with E-state index < -0.39 is 5.60 Å². The Kier molecular flexibility index (Phi) is 6.51. The molecular weight excluding hydrogens is 432 g/mol. The smallest absolute Gasteiger partial charge is 0.407 e. The van der Waals surface area contributed by atoms with Crippen LogP contribution in [-0.4, -0.2) is 62.1 Å². The molecular formula is C27H34N2O5. The Bertz CT molecular complexity index is 1000. The molecule has 1 aliphatic carbocycles. The molecule has 7 nitrogen and oxygen atoms in total. The van der Waals surface area contributed by atoms with Gasteiger partial charge in [-0.2, -0.15) is 0 Å². The van der Waals surface area contributed by atoms with Crippen LogP contribution in [0.25, 0.3) is 11.1 Å². The number of hydrogen-bond donors (Lipinski definition) is 1. The van der Waals surface area contributed by atoms with Crippen LogP contribution in [0.4, 0.5) is 4.79 Å². The van der Waals surface area contributed by atoms with Gasteiger partial charge >= 0.3 is 6.09 Å². The van der Waals surface area contributed by atoms with Gasteiger partial charge in [0.1, 0.15) is 18.0 Å². The fourth-order valence-electron chi connectivity index (χ4n) is 4.93. The van der Waals surface area contributed by atoms with Crippen molar-refractivity contribution in [3.05, 3.63) is 54.1 Å². The van der Waals surface area contributed by atoms with Crippen molar-refractivity contribution in [3.63, 3.8) is 0 Å². The van der Waals surface area contributed by atoms with Gasteiger partial charge in [0.25, 0.3) is 0 Å². The number of nitrogens with zero attached hydrogens (tertiary/aromatic N) is 1. The zero-order valence-electron chi connectivity index (χ0n) is 20.2. The number of benzene rings is 2. The minimum absolute atomic E-state index is 0.250. The van der Waals surface area contributed by atoms with Crippen LogP contribution in [0.15, 0.2) is 48.5 Å². The van der Waals surface area contributed by atoms with Crippen molar-refractivity contribution in [1.82, 2.24) is 10.2 Å². The summed E-state index contributed by atoms with van der Waals surface area (Å²) in [7, 11) is 0. The van der Waals surface area contributed by atoms with Crippen molar-refractivity contribution in [2.45, 2.75) is 38.7 Å². The highest BCUT2D eigenvalue weighted by Crippen LogP contribution is 2.45. The molecule has 2 saturated heterocycles. The van der Waals surface area contributed by atoms with E-state index in [1.807, 2.05) is 45.0 Å². The van der Waals surface area contributed by atoms with Gasteiger partial charge in [0.05, 0.1) is 13.2 Å². The first-order valence-electron chi connectivity index (χ1n) is 12.1. The second-order valence-electron chi connectivity index (χ2n) is 10.3. The number of nitrogens with one attached hydrogen (secondary N) is 1. The van der Waals surface area contributed by atoms with Gasteiger partial charge in [-0.1, -0.05) is 30.3 Å². The van der Waals surface area contributed by atoms with Crippen molar-refractivity contribution in [2.75, 3.05) is 39.5 Å². The molecule has 5 rings (SSSR count). The lowest BCUT2D eigenvalue weighted by molar-refractivity contribution is -0.0440. The lowest BCUT2D eigenvalue weighted by atomic mass is 10.0. The van der Waals surface area contributed by atoms with Gasteiger partial charge in [0.2, 0.25) is 0 Å². The van der Waals surface area contributed by atoms with E-state index in [1.165, 1.54) is 0 Å². The Hall–Kier alpha value is -2.61. The molecule has 1 amide bonds. The van der Waals surface area contributed by atoms with Crippen molar-refractivity contribution in [2.24, 2.45) is 11.8 Å². The molecule has 0 radical (unpaired) electrons. The maximum atomic E-state index is 12.0. The monoisotopic (exact) mass is 466 g/mol. The zero-order chi connectivity index (χ0) is 23.7. The van der Waals surface area contributed by atoms with Gasteiger partial charge in [0.15, 0.2) is 6.29 Å². The average molecular weight is 467 g/mol. The minimum Gasteiger partial charge on any atom is -0.492 e. The molecule has 0 spiro atoms. The first-order chi connectivity index (χ1) is 16.4. The predicted octanol–water partition coefficient (Wildman–Crippen LogP) is 4.23. The predicted molar refractivity (Wildman–Crippen MR) is 129 cm³/mol. The molecule has 0 bridgehead atoms. The molecule has 3 atom stereocenters. The summed E-state index contributed by atoms with van der Waals surface area (Å²) in [6, 6.07) is 16.7. The molecule has 182 valence electrons. The zero-order valence-corrected chi connectivity index (χ0v) is 20.2. The van der Waals surface area contributed by atoms with Gasteiger partial charge in [-0.15, -0.1) is 0 Å². The Morgan fingerprint density at radius 3 is 2.41 bits per heavy atom. The quantitative estimate of drug-likeness (QED) is 0.659. The number of piperidine rings is 1. The molecule has 0 aromatic heterocycles. The molecule has 1 N–H and O–H groups in total. The van der Waals surface area contributed by atoms with Crippen LogP contribution < -0.4 is 10.1 Å². The van der Waals surface area contributed by atoms with Crippen LogP contribution >= 0.6 is 0 Å². The molecule has 34 heavy (non-hydrogen) atoms. The highest BCUT2D eigenvalue weighted by molar-refractivity contribution is 5.69. The van der Waals surface area contributed by atoms with Gasteiger partial charge < -0.3 is 24.3 Å². The number of hydrogen-bond acceptors (Lipinski definition) is 6. The standard InChI is InChI=1S/C27H34N2O5/c1-27(2,3)34-26(30)28-24-22-16-29(17-23(22)24)10-11-31-21-9-5-7-19(15-21)18-6-4-8-20(14-18)25-32-12-13-33-25/h4-9,14-15,22-25H,10-13,16-17H2,1-3H3,(H,28,30)/t22-,23+,24?. The van der Waals surface area contributed by atoms with Gasteiger partial charge in [-0.05, 0) is 61.9 Å². The van der Waals surface area contributed by atoms with E-state index in [-0.39, 0.29) is 18.4 Å². The SMILES string of the molecule is CC(C)(C)OC(=O)NC1[C@H]2CN(CCOc3cccc(-c4cccc(C5OCCO5)c4)c3)C[C@@H]12. The molecule has 2 aromatic rings. The van der Waals surface area contributed by atoms with Gasteiger partial charge in [-0.3, -0.25) is 4.90 Å². The summed E-state index contributed by atoms with van der Waals surface area (Å²) in [4.78, 5) is 14.4. The summed E-state index contributed by atoms with van der Waals surface area (Å²) < 4.78 is 22.7. The van der Waals surface area contributed by atoms with Crippen LogP contribution in [-0.2, 0) is 14.2 Å². The summed E-state index contributed by atoms with van der Waals surface area (Å²) in [6.07, 6.45) is -0.583. The number of carbonyl (C=O) groups is 1. The number of fused-ring (bicyclic) bond motifs is 1. The topological polar surface area (TPSA) is 69.3 Å². The first kappa shape index (κ1) is 23.1. The summed E-state index contributed by atoms with van der Waals surface area (Å²) in [5.74, 6) is 1.91. The minimum atomic E-state index is -0.462. The molecule has 1 saturated carbocycles. The fourth-order valence-corrected chi connectivity index (χ4v) is 4.93. The van der Waals surface area contributed by atoms with Crippen LogP contribution in [0.5, 0.6) is 5.75 Å². The van der Waals surface area contributed by atoms with Gasteiger partial charge in [0, 0.05) is 31.2 Å². The van der Waals surface area contributed by atoms with Crippen LogP contribution in [0.3, 0.4) is 0 Å². The highest BCUT2D eigenvalue weighted by atomic mass is 16.7. The third-order valence-corrected chi connectivity index (χ3v) is 6.58. The van der Waals surface area contributed by atoms with E-state index in [9.17, 15) is 4.79 Å². The van der Waals surface area contributed by atoms with E-state index in [2.05, 4.69) is 34.5 Å². The molecule has 1 unspecified atom stereocenters.